The van der Waals surface area contributed by atoms with Crippen LogP contribution in [0.1, 0.15) is 21.5 Å². The fourth-order valence-corrected chi connectivity index (χ4v) is 4.34. The van der Waals surface area contributed by atoms with Crippen LogP contribution in [-0.2, 0) is 0 Å². The number of benzene rings is 4. The zero-order valence-corrected chi connectivity index (χ0v) is 20.8. The van der Waals surface area contributed by atoms with E-state index in [1.54, 1.807) is 32.0 Å². The Hall–Kier alpha value is -3.32. The molecule has 0 fully saturated rings. The van der Waals surface area contributed by atoms with Crippen LogP contribution >= 0.6 is 34.8 Å². The van der Waals surface area contributed by atoms with E-state index >= 15 is 0 Å². The van der Waals surface area contributed by atoms with Gasteiger partial charge in [-0.15, -0.1) is 0 Å². The number of urea groups is 1. The summed E-state index contributed by atoms with van der Waals surface area (Å²) in [5.74, 6) is -0.827. The summed E-state index contributed by atoms with van der Waals surface area (Å²) in [5, 5.41) is 7.07. The minimum Gasteiger partial charge on any atom is -0.455 e. The standard InChI is InChI=1S/C26H18Cl3FN2O3/c1-13-12-20(31-26(34)32-25(33)22-18(28)8-5-9-19(22)30)14(2)23(29)24(13)35-21-11-10-17(27)15-6-3-4-7-16(15)21/h3-12H,1-2H3,(H2,31,32,33,34). The van der Waals surface area contributed by atoms with Crippen molar-refractivity contribution in [1.82, 2.24) is 5.32 Å². The Balaban J connectivity index is 1.58. The molecule has 0 heterocycles. The zero-order chi connectivity index (χ0) is 25.3. The highest BCUT2D eigenvalue weighted by atomic mass is 35.5. The third-order valence-corrected chi connectivity index (χ3v) is 6.46. The maximum Gasteiger partial charge on any atom is 0.326 e. The predicted octanol–water partition coefficient (Wildman–Crippen LogP) is 8.31. The lowest BCUT2D eigenvalue weighted by atomic mass is 10.1. The number of nitrogens with one attached hydrogen (secondary N) is 2. The van der Waals surface area contributed by atoms with E-state index in [9.17, 15) is 14.0 Å². The molecule has 0 aliphatic carbocycles. The minimum atomic E-state index is -0.972. The van der Waals surface area contributed by atoms with Crippen molar-refractivity contribution in [2.75, 3.05) is 5.32 Å². The van der Waals surface area contributed by atoms with Crippen molar-refractivity contribution in [2.45, 2.75) is 13.8 Å². The smallest absolute Gasteiger partial charge is 0.326 e. The molecule has 3 amide bonds. The Morgan fingerprint density at radius 3 is 2.31 bits per heavy atom. The topological polar surface area (TPSA) is 67.4 Å². The molecule has 4 aromatic carbocycles. The van der Waals surface area contributed by atoms with E-state index in [1.807, 2.05) is 24.3 Å². The van der Waals surface area contributed by atoms with Crippen molar-refractivity contribution in [2.24, 2.45) is 0 Å². The summed E-state index contributed by atoms with van der Waals surface area (Å²) < 4.78 is 20.1. The molecule has 4 rings (SSSR count). The maximum atomic E-state index is 14.0. The number of carbonyl (C=O) groups is 2. The molecule has 2 N–H and O–H groups in total. The van der Waals surface area contributed by atoms with Crippen LogP contribution in [-0.4, -0.2) is 11.9 Å². The maximum absolute atomic E-state index is 14.0. The molecule has 9 heteroatoms. The van der Waals surface area contributed by atoms with Gasteiger partial charge in [0.25, 0.3) is 5.91 Å². The lowest BCUT2D eigenvalue weighted by Crippen LogP contribution is -2.35. The van der Waals surface area contributed by atoms with E-state index in [2.05, 4.69) is 10.6 Å². The molecule has 0 spiro atoms. The van der Waals surface area contributed by atoms with Crippen LogP contribution in [0, 0.1) is 19.7 Å². The van der Waals surface area contributed by atoms with Gasteiger partial charge < -0.3 is 10.1 Å². The molecule has 0 aliphatic rings. The van der Waals surface area contributed by atoms with Gasteiger partial charge in [0.05, 0.1) is 15.6 Å². The summed E-state index contributed by atoms with van der Waals surface area (Å²) in [7, 11) is 0. The molecule has 4 aromatic rings. The number of hydrogen-bond donors (Lipinski definition) is 2. The Bertz CT molecular complexity index is 1470. The highest BCUT2D eigenvalue weighted by Gasteiger charge is 2.20. The SMILES string of the molecule is Cc1cc(NC(=O)NC(=O)c2c(F)cccc2Cl)c(C)c(Cl)c1Oc1ccc(Cl)c2ccccc12. The number of anilines is 1. The third kappa shape index (κ3) is 5.05. The first-order valence-electron chi connectivity index (χ1n) is 10.4. The Kier molecular flexibility index (Phi) is 7.17. The molecule has 5 nitrogen and oxygen atoms in total. The lowest BCUT2D eigenvalue weighted by Gasteiger charge is -2.18. The second kappa shape index (κ2) is 10.1. The molecule has 0 aromatic heterocycles. The first kappa shape index (κ1) is 24.8. The second-order valence-electron chi connectivity index (χ2n) is 7.71. The predicted molar refractivity (Wildman–Crippen MR) is 138 cm³/mol. The number of hydrogen-bond acceptors (Lipinski definition) is 3. The van der Waals surface area contributed by atoms with Gasteiger partial charge in [0, 0.05) is 21.5 Å². The number of aryl methyl sites for hydroxylation is 1. The largest absolute Gasteiger partial charge is 0.455 e. The molecule has 0 unspecified atom stereocenters. The van der Waals surface area contributed by atoms with Crippen LogP contribution in [0.3, 0.4) is 0 Å². The van der Waals surface area contributed by atoms with Crippen LogP contribution in [0.25, 0.3) is 10.8 Å². The van der Waals surface area contributed by atoms with E-state index in [0.717, 1.165) is 16.8 Å². The Morgan fingerprint density at radius 2 is 1.60 bits per heavy atom. The van der Waals surface area contributed by atoms with Crippen LogP contribution in [0.5, 0.6) is 11.5 Å². The fourth-order valence-electron chi connectivity index (χ4n) is 3.57. The van der Waals surface area contributed by atoms with Crippen LogP contribution in [0.4, 0.5) is 14.9 Å². The molecule has 35 heavy (non-hydrogen) atoms. The van der Waals surface area contributed by atoms with Crippen molar-refractivity contribution in [3.05, 3.63) is 98.2 Å². The van der Waals surface area contributed by atoms with Crippen molar-refractivity contribution >= 4 is 63.2 Å². The third-order valence-electron chi connectivity index (χ3n) is 5.36. The Morgan fingerprint density at radius 1 is 0.886 bits per heavy atom. The summed E-state index contributed by atoms with van der Waals surface area (Å²) >= 11 is 18.8. The van der Waals surface area contributed by atoms with Gasteiger partial charge in [0.1, 0.15) is 17.3 Å². The summed E-state index contributed by atoms with van der Waals surface area (Å²) in [6.07, 6.45) is 0. The van der Waals surface area contributed by atoms with Crippen molar-refractivity contribution in [1.29, 1.82) is 0 Å². The molecule has 0 bridgehead atoms. The van der Waals surface area contributed by atoms with Crippen molar-refractivity contribution in [3.8, 4) is 11.5 Å². The first-order valence-corrected chi connectivity index (χ1v) is 11.5. The van der Waals surface area contributed by atoms with Gasteiger partial charge in [0.15, 0.2) is 0 Å². The average molecular weight is 532 g/mol. The number of fused-ring (bicyclic) bond motifs is 1. The highest BCUT2D eigenvalue weighted by molar-refractivity contribution is 6.36. The first-order chi connectivity index (χ1) is 16.7. The number of imide groups is 1. The number of rotatable bonds is 4. The van der Waals surface area contributed by atoms with E-state index in [0.29, 0.717) is 33.3 Å². The van der Waals surface area contributed by atoms with E-state index in [-0.39, 0.29) is 10.0 Å². The lowest BCUT2D eigenvalue weighted by molar-refractivity contribution is 0.0963. The molecule has 0 saturated carbocycles. The molecule has 0 aliphatic heterocycles. The number of ether oxygens (including phenoxy) is 1. The van der Waals surface area contributed by atoms with Gasteiger partial charge in [-0.2, -0.15) is 0 Å². The number of amides is 3. The average Bonchev–Trinajstić information content (AvgIpc) is 2.81. The summed E-state index contributed by atoms with van der Waals surface area (Å²) in [6, 6.07) is 15.6. The fraction of sp³-hybridized carbons (Fsp3) is 0.0769. The molecule has 0 radical (unpaired) electrons. The van der Waals surface area contributed by atoms with Gasteiger partial charge in [-0.05, 0) is 55.3 Å². The minimum absolute atomic E-state index is 0.110. The van der Waals surface area contributed by atoms with Gasteiger partial charge >= 0.3 is 6.03 Å². The molecule has 0 saturated heterocycles. The monoisotopic (exact) mass is 530 g/mol. The van der Waals surface area contributed by atoms with E-state index in [4.69, 9.17) is 39.5 Å². The normalized spacial score (nSPS) is 10.8. The van der Waals surface area contributed by atoms with Crippen LogP contribution in [0.15, 0.2) is 60.7 Å². The van der Waals surface area contributed by atoms with E-state index in [1.165, 1.54) is 12.1 Å². The molecular formula is C26H18Cl3FN2O3. The summed E-state index contributed by atoms with van der Waals surface area (Å²) in [6.45, 7) is 3.46. The summed E-state index contributed by atoms with van der Waals surface area (Å²) in [5.41, 5.74) is 1.08. The van der Waals surface area contributed by atoms with Gasteiger partial charge in [-0.3, -0.25) is 10.1 Å². The van der Waals surface area contributed by atoms with Crippen LogP contribution < -0.4 is 15.4 Å². The number of halogens is 4. The van der Waals surface area contributed by atoms with Crippen LogP contribution in [0.2, 0.25) is 15.1 Å². The Labute approximate surface area is 215 Å². The number of carbonyl (C=O) groups excluding carboxylic acids is 2. The highest BCUT2D eigenvalue weighted by Crippen LogP contribution is 2.41. The zero-order valence-electron chi connectivity index (χ0n) is 18.5. The molecule has 178 valence electrons. The molecular weight excluding hydrogens is 514 g/mol. The van der Waals surface area contributed by atoms with E-state index < -0.39 is 23.3 Å². The van der Waals surface area contributed by atoms with Crippen molar-refractivity contribution in [3.63, 3.8) is 0 Å². The summed E-state index contributed by atoms with van der Waals surface area (Å²) in [4.78, 5) is 24.8. The van der Waals surface area contributed by atoms with Crippen molar-refractivity contribution < 1.29 is 18.7 Å². The van der Waals surface area contributed by atoms with Gasteiger partial charge in [0.2, 0.25) is 0 Å². The van der Waals surface area contributed by atoms with Gasteiger partial charge in [-0.25, -0.2) is 9.18 Å². The quantitative estimate of drug-likeness (QED) is 0.278. The molecule has 0 atom stereocenters. The second-order valence-corrected chi connectivity index (χ2v) is 8.90. The van der Waals surface area contributed by atoms with Gasteiger partial charge in [-0.1, -0.05) is 65.1 Å².